The Morgan fingerprint density at radius 2 is 2.24 bits per heavy atom. The van der Waals surface area contributed by atoms with Gasteiger partial charge in [0.15, 0.2) is 10.6 Å². The lowest BCUT2D eigenvalue weighted by Crippen LogP contribution is -2.24. The maximum absolute atomic E-state index is 12.2. The van der Waals surface area contributed by atoms with Gasteiger partial charge in [-0.2, -0.15) is 5.10 Å². The number of nitrogens with zero attached hydrogens (tertiary/aromatic N) is 2. The van der Waals surface area contributed by atoms with E-state index in [1.165, 1.54) is 0 Å². The summed E-state index contributed by atoms with van der Waals surface area (Å²) in [5, 5.41) is 12.8. The molecular weight excluding hydrogens is 286 g/mol. The van der Waals surface area contributed by atoms with Crippen LogP contribution in [0.4, 0.5) is 5.69 Å². The van der Waals surface area contributed by atoms with Crippen LogP contribution in [0.25, 0.3) is 0 Å². The molecule has 0 atom stereocenters. The Bertz CT molecular complexity index is 689. The van der Waals surface area contributed by atoms with Crippen LogP contribution in [0.1, 0.15) is 30.0 Å². The third-order valence-corrected chi connectivity index (χ3v) is 3.32. The zero-order chi connectivity index (χ0) is 15.4. The molecular formula is C14H19N5OS. The number of benzene rings is 1. The molecule has 1 aromatic heterocycles. The van der Waals surface area contributed by atoms with Crippen LogP contribution in [0.5, 0.6) is 0 Å². The van der Waals surface area contributed by atoms with Gasteiger partial charge in [0.2, 0.25) is 0 Å². The van der Waals surface area contributed by atoms with Crippen molar-refractivity contribution in [3.63, 3.8) is 0 Å². The van der Waals surface area contributed by atoms with Gasteiger partial charge in [-0.05, 0) is 44.3 Å². The molecule has 0 bridgehead atoms. The number of nitrogens with one attached hydrogen (secondary N) is 3. The van der Waals surface area contributed by atoms with Crippen molar-refractivity contribution in [1.82, 2.24) is 20.1 Å². The van der Waals surface area contributed by atoms with E-state index in [0.717, 1.165) is 5.69 Å². The zero-order valence-corrected chi connectivity index (χ0v) is 13.1. The minimum atomic E-state index is -0.142. The lowest BCUT2D eigenvalue weighted by Gasteiger charge is -2.11. The molecule has 0 saturated carbocycles. The quantitative estimate of drug-likeness (QED) is 0.741. The smallest absolute Gasteiger partial charge is 0.251 e. The van der Waals surface area contributed by atoms with E-state index >= 15 is 0 Å². The van der Waals surface area contributed by atoms with E-state index in [9.17, 15) is 4.79 Å². The van der Waals surface area contributed by atoms with Gasteiger partial charge in [-0.3, -0.25) is 9.89 Å². The van der Waals surface area contributed by atoms with Crippen LogP contribution in [-0.4, -0.2) is 26.7 Å². The first-order valence-electron chi connectivity index (χ1n) is 6.72. The average Bonchev–Trinajstić information content (AvgIpc) is 2.76. The summed E-state index contributed by atoms with van der Waals surface area (Å²) < 4.78 is 2.26. The molecule has 7 heteroatoms. The standard InChI is InChI=1S/C14H19N5OS/c1-9(2)16-11-6-4-5-10(7-11)13(20)15-8-12-17-18-14(21)19(12)3/h4-7,9,16H,8H2,1-3H3,(H,15,20)(H,18,21). The molecule has 2 rings (SSSR count). The van der Waals surface area contributed by atoms with E-state index in [4.69, 9.17) is 12.2 Å². The van der Waals surface area contributed by atoms with Gasteiger partial charge in [0.25, 0.3) is 5.91 Å². The van der Waals surface area contributed by atoms with E-state index in [1.54, 1.807) is 17.7 Å². The molecule has 1 heterocycles. The number of carbonyl (C=O) groups excluding carboxylic acids is 1. The number of hydrogen-bond donors (Lipinski definition) is 3. The highest BCUT2D eigenvalue weighted by Crippen LogP contribution is 2.12. The van der Waals surface area contributed by atoms with Crippen LogP contribution >= 0.6 is 12.2 Å². The first kappa shape index (κ1) is 15.2. The highest BCUT2D eigenvalue weighted by Gasteiger charge is 2.08. The van der Waals surface area contributed by atoms with Gasteiger partial charge in [-0.15, -0.1) is 0 Å². The fourth-order valence-corrected chi connectivity index (χ4v) is 2.03. The summed E-state index contributed by atoms with van der Waals surface area (Å²) in [7, 11) is 1.81. The first-order valence-corrected chi connectivity index (χ1v) is 7.13. The highest BCUT2D eigenvalue weighted by molar-refractivity contribution is 7.71. The monoisotopic (exact) mass is 305 g/mol. The van der Waals surface area contributed by atoms with Crippen LogP contribution in [0, 0.1) is 4.77 Å². The molecule has 3 N–H and O–H groups in total. The molecule has 0 saturated heterocycles. The van der Waals surface area contributed by atoms with E-state index < -0.39 is 0 Å². The van der Waals surface area contributed by atoms with E-state index in [1.807, 2.05) is 18.2 Å². The topological polar surface area (TPSA) is 74.7 Å². The van der Waals surface area contributed by atoms with Crippen molar-refractivity contribution >= 4 is 23.8 Å². The molecule has 2 aromatic rings. The molecule has 0 unspecified atom stereocenters. The molecule has 112 valence electrons. The van der Waals surface area contributed by atoms with Gasteiger partial charge in [0.1, 0.15) is 0 Å². The van der Waals surface area contributed by atoms with Crippen molar-refractivity contribution in [3.8, 4) is 0 Å². The number of rotatable bonds is 5. The Morgan fingerprint density at radius 1 is 1.48 bits per heavy atom. The number of anilines is 1. The summed E-state index contributed by atoms with van der Waals surface area (Å²) in [6.07, 6.45) is 0. The molecule has 1 aromatic carbocycles. The van der Waals surface area contributed by atoms with Crippen molar-refractivity contribution < 1.29 is 4.79 Å². The number of amides is 1. The van der Waals surface area contributed by atoms with E-state index in [2.05, 4.69) is 34.7 Å². The third kappa shape index (κ3) is 3.91. The van der Waals surface area contributed by atoms with Gasteiger partial charge >= 0.3 is 0 Å². The summed E-state index contributed by atoms with van der Waals surface area (Å²) in [5.74, 6) is 0.543. The minimum Gasteiger partial charge on any atom is -0.383 e. The number of hydrogen-bond acceptors (Lipinski definition) is 4. The Balaban J connectivity index is 2.03. The summed E-state index contributed by atoms with van der Waals surface area (Å²) >= 11 is 5.03. The molecule has 1 amide bonds. The summed E-state index contributed by atoms with van der Waals surface area (Å²) in [4.78, 5) is 12.2. The molecule has 0 aliphatic carbocycles. The average molecular weight is 305 g/mol. The molecule has 0 fully saturated rings. The number of carbonyl (C=O) groups is 1. The largest absolute Gasteiger partial charge is 0.383 e. The Labute approximate surface area is 128 Å². The minimum absolute atomic E-state index is 0.142. The van der Waals surface area contributed by atoms with Crippen LogP contribution in [0.15, 0.2) is 24.3 Å². The fraction of sp³-hybridized carbons (Fsp3) is 0.357. The normalized spacial score (nSPS) is 10.7. The predicted molar refractivity (Wildman–Crippen MR) is 84.8 cm³/mol. The molecule has 21 heavy (non-hydrogen) atoms. The second-order valence-corrected chi connectivity index (χ2v) is 5.45. The number of aromatic amines is 1. The molecule has 6 nitrogen and oxygen atoms in total. The van der Waals surface area contributed by atoms with Gasteiger partial charge in [-0.1, -0.05) is 6.07 Å². The molecule has 0 radical (unpaired) electrons. The van der Waals surface area contributed by atoms with Crippen LogP contribution in [-0.2, 0) is 13.6 Å². The zero-order valence-electron chi connectivity index (χ0n) is 12.3. The Kier molecular flexibility index (Phi) is 4.74. The summed E-state index contributed by atoms with van der Waals surface area (Å²) in [5.41, 5.74) is 1.54. The number of aromatic nitrogens is 3. The van der Waals surface area contributed by atoms with Gasteiger partial charge in [0, 0.05) is 24.3 Å². The second kappa shape index (κ2) is 6.53. The van der Waals surface area contributed by atoms with Crippen LogP contribution in [0.3, 0.4) is 0 Å². The van der Waals surface area contributed by atoms with Crippen molar-refractivity contribution in [2.75, 3.05) is 5.32 Å². The highest BCUT2D eigenvalue weighted by atomic mass is 32.1. The molecule has 0 aliphatic rings. The molecule has 0 spiro atoms. The van der Waals surface area contributed by atoms with E-state index in [-0.39, 0.29) is 5.91 Å². The van der Waals surface area contributed by atoms with Crippen molar-refractivity contribution in [2.24, 2.45) is 7.05 Å². The van der Waals surface area contributed by atoms with Gasteiger partial charge in [-0.25, -0.2) is 0 Å². The summed E-state index contributed by atoms with van der Waals surface area (Å²) in [6, 6.07) is 7.73. The summed E-state index contributed by atoms with van der Waals surface area (Å²) in [6.45, 7) is 4.43. The Morgan fingerprint density at radius 3 is 2.86 bits per heavy atom. The van der Waals surface area contributed by atoms with Crippen molar-refractivity contribution in [3.05, 3.63) is 40.4 Å². The fourth-order valence-electron chi connectivity index (χ4n) is 1.88. The van der Waals surface area contributed by atoms with Gasteiger partial charge < -0.3 is 15.2 Å². The lowest BCUT2D eigenvalue weighted by atomic mass is 10.2. The van der Waals surface area contributed by atoms with Crippen molar-refractivity contribution in [2.45, 2.75) is 26.4 Å². The number of H-pyrrole nitrogens is 1. The van der Waals surface area contributed by atoms with Crippen LogP contribution in [0.2, 0.25) is 0 Å². The lowest BCUT2D eigenvalue weighted by molar-refractivity contribution is 0.0949. The van der Waals surface area contributed by atoms with Crippen LogP contribution < -0.4 is 10.6 Å². The third-order valence-electron chi connectivity index (χ3n) is 2.96. The van der Waals surface area contributed by atoms with Gasteiger partial charge in [0.05, 0.1) is 6.54 Å². The second-order valence-electron chi connectivity index (χ2n) is 5.07. The van der Waals surface area contributed by atoms with Crippen molar-refractivity contribution in [1.29, 1.82) is 0 Å². The molecule has 0 aliphatic heterocycles. The predicted octanol–water partition coefficient (Wildman–Crippen LogP) is 2.23. The SMILES string of the molecule is CC(C)Nc1cccc(C(=O)NCc2n[nH]c(=S)n2C)c1. The maximum atomic E-state index is 12.2. The maximum Gasteiger partial charge on any atom is 0.251 e. The van der Waals surface area contributed by atoms with E-state index in [0.29, 0.717) is 28.7 Å². The first-order chi connectivity index (χ1) is 9.97. The Hall–Kier alpha value is -2.15.